The van der Waals surface area contributed by atoms with E-state index in [0.717, 1.165) is 11.4 Å². The van der Waals surface area contributed by atoms with Crippen molar-refractivity contribution in [3.63, 3.8) is 0 Å². The molecule has 0 aliphatic carbocycles. The maximum absolute atomic E-state index is 13.3. The molecule has 2 aromatic heterocycles. The highest BCUT2D eigenvalue weighted by molar-refractivity contribution is 7.22. The second kappa shape index (κ2) is 7.48. The fraction of sp³-hybridized carbons (Fsp3) is 0.333. The van der Waals surface area contributed by atoms with E-state index in [9.17, 15) is 9.18 Å². The van der Waals surface area contributed by atoms with Crippen LogP contribution in [0.1, 0.15) is 12.5 Å². The number of hydrogen-bond acceptors (Lipinski definition) is 6. The molecule has 1 fully saturated rings. The standard InChI is InChI=1S/C18H18ClFN6OS/c1-10-7-15(23-24-16(10)19)25-5-6-26(11(2)9-25)18(27)22-17-21-13-4-3-12(20)8-14(13)28-17/h3-4,7-8,11H,5-6,9H2,1-2H3,(H,21,22,27). The molecule has 2 amide bonds. The number of rotatable bonds is 2. The summed E-state index contributed by atoms with van der Waals surface area (Å²) in [5.41, 5.74) is 1.53. The zero-order chi connectivity index (χ0) is 19.8. The normalized spacial score (nSPS) is 17.2. The van der Waals surface area contributed by atoms with Crippen LogP contribution in [0, 0.1) is 12.7 Å². The summed E-state index contributed by atoms with van der Waals surface area (Å²) in [6.07, 6.45) is 0. The fourth-order valence-electron chi connectivity index (χ4n) is 3.19. The van der Waals surface area contributed by atoms with Gasteiger partial charge >= 0.3 is 6.03 Å². The Morgan fingerprint density at radius 3 is 2.89 bits per heavy atom. The predicted molar refractivity (Wildman–Crippen MR) is 109 cm³/mol. The number of anilines is 2. The average molecular weight is 421 g/mol. The first-order valence-corrected chi connectivity index (χ1v) is 9.98. The topological polar surface area (TPSA) is 74.2 Å². The van der Waals surface area contributed by atoms with E-state index in [2.05, 4.69) is 25.4 Å². The Labute approximate surface area is 170 Å². The number of halogens is 2. The molecule has 10 heteroatoms. The first-order chi connectivity index (χ1) is 13.4. The molecule has 0 spiro atoms. The van der Waals surface area contributed by atoms with Crippen molar-refractivity contribution in [3.8, 4) is 0 Å². The molecule has 4 rings (SSSR count). The summed E-state index contributed by atoms with van der Waals surface area (Å²) in [6, 6.07) is 6.03. The van der Waals surface area contributed by atoms with Crippen molar-refractivity contribution in [2.75, 3.05) is 29.9 Å². The SMILES string of the molecule is Cc1cc(N2CCN(C(=O)Nc3nc4ccc(F)cc4s3)C(C)C2)nnc1Cl. The van der Waals surface area contributed by atoms with Crippen LogP contribution < -0.4 is 10.2 Å². The molecule has 146 valence electrons. The molecular weight excluding hydrogens is 403 g/mol. The second-order valence-corrected chi connectivity index (χ2v) is 8.11. The van der Waals surface area contributed by atoms with Gasteiger partial charge in [-0.25, -0.2) is 14.2 Å². The lowest BCUT2D eigenvalue weighted by Crippen LogP contribution is -2.55. The van der Waals surface area contributed by atoms with Crippen LogP contribution in [-0.4, -0.2) is 51.8 Å². The lowest BCUT2D eigenvalue weighted by atomic mass is 10.2. The zero-order valence-corrected chi connectivity index (χ0v) is 16.9. The minimum absolute atomic E-state index is 0.0293. The van der Waals surface area contributed by atoms with Gasteiger partial charge in [0.05, 0.1) is 10.2 Å². The van der Waals surface area contributed by atoms with Crippen LogP contribution in [0.2, 0.25) is 5.15 Å². The van der Waals surface area contributed by atoms with Gasteiger partial charge in [0.25, 0.3) is 0 Å². The molecule has 1 aromatic carbocycles. The molecule has 0 bridgehead atoms. The first-order valence-electron chi connectivity index (χ1n) is 8.79. The minimum Gasteiger partial charge on any atom is -0.351 e. The molecule has 1 aliphatic heterocycles. The number of amides is 2. The van der Waals surface area contributed by atoms with E-state index in [1.165, 1.54) is 23.5 Å². The third-order valence-corrected chi connectivity index (χ3v) is 6.00. The maximum Gasteiger partial charge on any atom is 0.324 e. The number of fused-ring (bicyclic) bond motifs is 1. The molecule has 7 nitrogen and oxygen atoms in total. The van der Waals surface area contributed by atoms with E-state index in [1.54, 1.807) is 11.0 Å². The van der Waals surface area contributed by atoms with Crippen molar-refractivity contribution < 1.29 is 9.18 Å². The predicted octanol–water partition coefficient (Wildman–Crippen LogP) is 3.93. The highest BCUT2D eigenvalue weighted by atomic mass is 35.5. The van der Waals surface area contributed by atoms with Crippen LogP contribution in [0.3, 0.4) is 0 Å². The molecule has 1 saturated heterocycles. The van der Waals surface area contributed by atoms with Crippen LogP contribution in [-0.2, 0) is 0 Å². The summed E-state index contributed by atoms with van der Waals surface area (Å²) >= 11 is 7.20. The van der Waals surface area contributed by atoms with Crippen LogP contribution in [0.5, 0.6) is 0 Å². The van der Waals surface area contributed by atoms with Gasteiger partial charge in [-0.2, -0.15) is 0 Å². The number of thiazole rings is 1. The summed E-state index contributed by atoms with van der Waals surface area (Å²) in [5, 5.41) is 11.8. The lowest BCUT2D eigenvalue weighted by Gasteiger charge is -2.40. The number of urea groups is 1. The Kier molecular flexibility index (Phi) is 5.03. The zero-order valence-electron chi connectivity index (χ0n) is 15.3. The maximum atomic E-state index is 13.3. The summed E-state index contributed by atoms with van der Waals surface area (Å²) in [6.45, 7) is 5.68. The Bertz CT molecular complexity index is 1040. The van der Waals surface area contributed by atoms with E-state index in [-0.39, 0.29) is 17.9 Å². The summed E-state index contributed by atoms with van der Waals surface area (Å²) in [5.74, 6) is 0.432. The highest BCUT2D eigenvalue weighted by Gasteiger charge is 2.29. The number of aryl methyl sites for hydroxylation is 1. The van der Waals surface area contributed by atoms with Crippen LogP contribution in [0.25, 0.3) is 10.2 Å². The minimum atomic E-state index is -0.320. The number of piperazine rings is 1. The summed E-state index contributed by atoms with van der Waals surface area (Å²) in [7, 11) is 0. The smallest absolute Gasteiger partial charge is 0.324 e. The van der Waals surface area contributed by atoms with E-state index in [1.807, 2.05) is 19.9 Å². The van der Waals surface area contributed by atoms with E-state index in [0.29, 0.717) is 40.1 Å². The van der Waals surface area contributed by atoms with Crippen LogP contribution >= 0.6 is 22.9 Å². The van der Waals surface area contributed by atoms with Gasteiger partial charge in [0.1, 0.15) is 5.82 Å². The van der Waals surface area contributed by atoms with Gasteiger partial charge in [-0.05, 0) is 43.7 Å². The van der Waals surface area contributed by atoms with Gasteiger partial charge in [-0.15, -0.1) is 10.2 Å². The summed E-state index contributed by atoms with van der Waals surface area (Å²) in [4.78, 5) is 20.9. The van der Waals surface area contributed by atoms with Crippen LogP contribution in [0.15, 0.2) is 24.3 Å². The van der Waals surface area contributed by atoms with Gasteiger partial charge in [0.2, 0.25) is 0 Å². The number of nitrogens with one attached hydrogen (secondary N) is 1. The number of benzene rings is 1. The van der Waals surface area contributed by atoms with Gasteiger partial charge in [-0.1, -0.05) is 22.9 Å². The van der Waals surface area contributed by atoms with Gasteiger partial charge in [0.15, 0.2) is 16.1 Å². The van der Waals surface area contributed by atoms with Crippen molar-refractivity contribution in [3.05, 3.63) is 40.8 Å². The first kappa shape index (κ1) is 18.8. The number of carbonyl (C=O) groups excluding carboxylic acids is 1. The average Bonchev–Trinajstić information content (AvgIpc) is 3.05. The Hall–Kier alpha value is -2.52. The molecule has 0 saturated carbocycles. The van der Waals surface area contributed by atoms with Crippen molar-refractivity contribution in [2.24, 2.45) is 0 Å². The number of aromatic nitrogens is 3. The molecule has 0 radical (unpaired) electrons. The Balaban J connectivity index is 1.43. The molecule has 1 N–H and O–H groups in total. The molecule has 1 unspecified atom stereocenters. The van der Waals surface area contributed by atoms with Crippen molar-refractivity contribution in [2.45, 2.75) is 19.9 Å². The lowest BCUT2D eigenvalue weighted by molar-refractivity contribution is 0.184. The van der Waals surface area contributed by atoms with Gasteiger partial charge in [0, 0.05) is 25.7 Å². The van der Waals surface area contributed by atoms with Crippen molar-refractivity contribution in [1.29, 1.82) is 0 Å². The van der Waals surface area contributed by atoms with Crippen molar-refractivity contribution >= 4 is 50.1 Å². The largest absolute Gasteiger partial charge is 0.351 e. The number of carbonyl (C=O) groups is 1. The Morgan fingerprint density at radius 1 is 1.32 bits per heavy atom. The molecule has 1 aliphatic rings. The molecule has 28 heavy (non-hydrogen) atoms. The second-order valence-electron chi connectivity index (χ2n) is 6.73. The van der Waals surface area contributed by atoms with E-state index < -0.39 is 0 Å². The monoisotopic (exact) mass is 420 g/mol. The molecule has 1 atom stereocenters. The third kappa shape index (κ3) is 3.72. The highest BCUT2D eigenvalue weighted by Crippen LogP contribution is 2.27. The van der Waals surface area contributed by atoms with E-state index >= 15 is 0 Å². The fourth-order valence-corrected chi connectivity index (χ4v) is 4.17. The van der Waals surface area contributed by atoms with Gasteiger partial charge < -0.3 is 9.80 Å². The summed E-state index contributed by atoms with van der Waals surface area (Å²) < 4.78 is 14.0. The van der Waals surface area contributed by atoms with Crippen LogP contribution in [0.4, 0.5) is 20.1 Å². The molecule has 3 heterocycles. The number of nitrogens with zero attached hydrogens (tertiary/aromatic N) is 5. The van der Waals surface area contributed by atoms with E-state index in [4.69, 9.17) is 11.6 Å². The van der Waals surface area contributed by atoms with Gasteiger partial charge in [-0.3, -0.25) is 5.32 Å². The quantitative estimate of drug-likeness (QED) is 0.679. The Morgan fingerprint density at radius 2 is 2.14 bits per heavy atom. The molecule has 3 aromatic rings. The number of hydrogen-bond donors (Lipinski definition) is 1. The molecular formula is C18H18ClFN6OS. The van der Waals surface area contributed by atoms with Crippen molar-refractivity contribution in [1.82, 2.24) is 20.1 Å². The third-order valence-electron chi connectivity index (χ3n) is 4.69.